The van der Waals surface area contributed by atoms with Gasteiger partial charge in [0.25, 0.3) is 0 Å². The van der Waals surface area contributed by atoms with Gasteiger partial charge in [-0.25, -0.2) is 0 Å². The number of hydrogen-bond acceptors (Lipinski definition) is 5. The van der Waals surface area contributed by atoms with E-state index in [-0.39, 0.29) is 0 Å². The monoisotopic (exact) mass is 294 g/mol. The highest BCUT2D eigenvalue weighted by Crippen LogP contribution is 2.24. The fourth-order valence-corrected chi connectivity index (χ4v) is 3.75. The Hall–Kier alpha value is -1.80. The molecule has 0 atom stereocenters. The molecule has 6 nitrogen and oxygen atoms in total. The van der Waals surface area contributed by atoms with Crippen LogP contribution in [0.25, 0.3) is 0 Å². The molecule has 0 spiro atoms. The van der Waals surface area contributed by atoms with Crippen LogP contribution in [-0.4, -0.2) is 35.1 Å². The number of aromatic amines is 1. The van der Waals surface area contributed by atoms with E-state index in [1.54, 1.807) is 45.7 Å². The highest BCUT2D eigenvalue weighted by molar-refractivity contribution is 6.75. The first-order valence-electron chi connectivity index (χ1n) is 6.02. The van der Waals surface area contributed by atoms with Crippen LogP contribution in [0.4, 0.5) is 5.69 Å². The maximum atomic E-state index is 5.83. The summed E-state index contributed by atoms with van der Waals surface area (Å²) in [5.41, 5.74) is 6.37. The number of nitrogens with one attached hydrogen (secondary N) is 1. The third-order valence-electron chi connectivity index (χ3n) is 2.91. The van der Waals surface area contributed by atoms with Gasteiger partial charge in [0.15, 0.2) is 5.75 Å². The Balaban J connectivity index is 2.33. The number of ether oxygens (including phenoxy) is 1. The standard InChI is InChI=1S/C13H18N2O4Si/c1-16-20(17-2,18-3)13-12(7-8-15-13)19-11-6-4-5-10(14)9-11/h4-9,15H,14H2,1-3H3. The van der Waals surface area contributed by atoms with Crippen molar-refractivity contribution >= 4 is 19.8 Å². The Morgan fingerprint density at radius 3 is 2.35 bits per heavy atom. The lowest BCUT2D eigenvalue weighted by molar-refractivity contribution is 0.139. The summed E-state index contributed by atoms with van der Waals surface area (Å²) in [6.45, 7) is 0. The van der Waals surface area contributed by atoms with E-state index in [4.69, 9.17) is 23.7 Å². The van der Waals surface area contributed by atoms with Crippen molar-refractivity contribution in [3.8, 4) is 11.5 Å². The molecule has 0 aliphatic rings. The Labute approximate surface area is 118 Å². The predicted octanol–water partition coefficient (Wildman–Crippen LogP) is 1.47. The molecule has 0 bridgehead atoms. The second-order valence-corrected chi connectivity index (χ2v) is 6.90. The highest BCUT2D eigenvalue weighted by Gasteiger charge is 2.45. The maximum Gasteiger partial charge on any atom is 0.557 e. The Kier molecular flexibility index (Phi) is 4.45. The minimum Gasteiger partial charge on any atom is -0.456 e. The third kappa shape index (κ3) is 2.70. The van der Waals surface area contributed by atoms with Gasteiger partial charge in [-0.15, -0.1) is 0 Å². The zero-order valence-corrected chi connectivity index (χ0v) is 12.7. The lowest BCUT2D eigenvalue weighted by Crippen LogP contribution is -2.55. The molecule has 0 saturated heterocycles. The fraction of sp³-hybridized carbons (Fsp3) is 0.231. The van der Waals surface area contributed by atoms with Crippen molar-refractivity contribution in [1.82, 2.24) is 4.98 Å². The first-order valence-corrected chi connectivity index (χ1v) is 7.74. The smallest absolute Gasteiger partial charge is 0.456 e. The SMILES string of the molecule is CO[Si](OC)(OC)c1[nH]ccc1Oc1cccc(N)c1. The van der Waals surface area contributed by atoms with Crippen LogP contribution in [0.15, 0.2) is 36.5 Å². The normalized spacial score (nSPS) is 11.6. The summed E-state index contributed by atoms with van der Waals surface area (Å²) in [4.78, 5) is 3.06. The van der Waals surface area contributed by atoms with Crippen molar-refractivity contribution in [3.63, 3.8) is 0 Å². The molecule has 0 saturated carbocycles. The van der Waals surface area contributed by atoms with Crippen molar-refractivity contribution < 1.29 is 18.0 Å². The number of benzene rings is 1. The molecule has 0 aliphatic carbocycles. The molecule has 20 heavy (non-hydrogen) atoms. The summed E-state index contributed by atoms with van der Waals surface area (Å²) in [5.74, 6) is 1.23. The molecule has 0 amide bonds. The van der Waals surface area contributed by atoms with E-state index < -0.39 is 8.80 Å². The van der Waals surface area contributed by atoms with E-state index in [9.17, 15) is 0 Å². The number of nitrogens with two attached hydrogens (primary N) is 1. The zero-order valence-electron chi connectivity index (χ0n) is 11.7. The molecule has 1 aromatic heterocycles. The molecule has 2 rings (SSSR count). The van der Waals surface area contributed by atoms with Crippen molar-refractivity contribution in [2.24, 2.45) is 0 Å². The van der Waals surface area contributed by atoms with Gasteiger partial charge in [0.2, 0.25) is 0 Å². The van der Waals surface area contributed by atoms with Crippen LogP contribution in [0.2, 0.25) is 0 Å². The average molecular weight is 294 g/mol. The Morgan fingerprint density at radius 1 is 1.05 bits per heavy atom. The summed E-state index contributed by atoms with van der Waals surface area (Å²) in [5, 5.41) is 0.660. The molecular formula is C13H18N2O4Si. The summed E-state index contributed by atoms with van der Waals surface area (Å²) in [6, 6.07) is 8.97. The summed E-state index contributed by atoms with van der Waals surface area (Å²) in [7, 11) is 1.67. The van der Waals surface area contributed by atoms with Crippen molar-refractivity contribution in [2.75, 3.05) is 27.1 Å². The van der Waals surface area contributed by atoms with Crippen molar-refractivity contribution in [1.29, 1.82) is 0 Å². The highest BCUT2D eigenvalue weighted by atomic mass is 28.4. The Morgan fingerprint density at radius 2 is 1.75 bits per heavy atom. The fourth-order valence-electron chi connectivity index (χ4n) is 1.94. The third-order valence-corrected chi connectivity index (χ3v) is 5.52. The molecule has 0 radical (unpaired) electrons. The lowest BCUT2D eigenvalue weighted by atomic mass is 10.3. The number of H-pyrrole nitrogens is 1. The Bertz CT molecular complexity index is 561. The van der Waals surface area contributed by atoms with Crippen LogP contribution in [0.5, 0.6) is 11.5 Å². The van der Waals surface area contributed by atoms with E-state index in [2.05, 4.69) is 4.98 Å². The number of anilines is 1. The molecule has 1 heterocycles. The van der Waals surface area contributed by atoms with Gasteiger partial charge in [0.05, 0.1) is 0 Å². The lowest BCUT2D eigenvalue weighted by Gasteiger charge is -2.24. The van der Waals surface area contributed by atoms with Gasteiger partial charge in [-0.05, 0) is 18.2 Å². The van der Waals surface area contributed by atoms with E-state index in [0.717, 1.165) is 0 Å². The first kappa shape index (κ1) is 14.6. The first-order chi connectivity index (χ1) is 9.65. The number of hydrogen-bond donors (Lipinski definition) is 2. The second-order valence-electron chi connectivity index (χ2n) is 4.06. The van der Waals surface area contributed by atoms with Crippen molar-refractivity contribution in [3.05, 3.63) is 36.5 Å². The predicted molar refractivity (Wildman–Crippen MR) is 78.1 cm³/mol. The number of rotatable bonds is 6. The maximum absolute atomic E-state index is 5.83. The molecule has 108 valence electrons. The minimum atomic E-state index is -2.97. The van der Waals surface area contributed by atoms with E-state index in [1.165, 1.54) is 0 Å². The zero-order chi connectivity index (χ0) is 14.6. The average Bonchev–Trinajstić information content (AvgIpc) is 2.90. The molecule has 0 unspecified atom stereocenters. The van der Waals surface area contributed by atoms with Crippen molar-refractivity contribution in [2.45, 2.75) is 0 Å². The van der Waals surface area contributed by atoms with Gasteiger partial charge >= 0.3 is 8.80 Å². The summed E-state index contributed by atoms with van der Waals surface area (Å²) in [6.07, 6.45) is 1.75. The van der Waals surface area contributed by atoms with Gasteiger partial charge in [-0.3, -0.25) is 0 Å². The molecular weight excluding hydrogens is 276 g/mol. The molecule has 0 fully saturated rings. The van der Waals surface area contributed by atoms with Crippen LogP contribution in [0.3, 0.4) is 0 Å². The van der Waals surface area contributed by atoms with Crippen LogP contribution in [-0.2, 0) is 13.3 Å². The van der Waals surface area contributed by atoms with Crippen LogP contribution < -0.4 is 15.8 Å². The summed E-state index contributed by atoms with van der Waals surface area (Å²) < 4.78 is 22.1. The summed E-state index contributed by atoms with van der Waals surface area (Å²) >= 11 is 0. The van der Waals surface area contributed by atoms with E-state index in [1.807, 2.05) is 12.1 Å². The van der Waals surface area contributed by atoms with Crippen LogP contribution >= 0.6 is 0 Å². The van der Waals surface area contributed by atoms with Gasteiger partial charge in [-0.2, -0.15) is 0 Å². The number of aromatic nitrogens is 1. The molecule has 7 heteroatoms. The molecule has 3 N–H and O–H groups in total. The minimum absolute atomic E-state index is 0.591. The molecule has 0 aliphatic heterocycles. The number of nitrogen functional groups attached to an aromatic ring is 1. The van der Waals surface area contributed by atoms with Gasteiger partial charge in [0.1, 0.15) is 11.1 Å². The van der Waals surface area contributed by atoms with Gasteiger partial charge in [0, 0.05) is 39.3 Å². The van der Waals surface area contributed by atoms with E-state index in [0.29, 0.717) is 22.5 Å². The quantitative estimate of drug-likeness (QED) is 0.623. The largest absolute Gasteiger partial charge is 0.557 e. The molecule has 1 aromatic carbocycles. The topological polar surface area (TPSA) is 78.7 Å². The van der Waals surface area contributed by atoms with E-state index >= 15 is 0 Å². The second kappa shape index (κ2) is 6.10. The molecule has 2 aromatic rings. The van der Waals surface area contributed by atoms with Crippen LogP contribution in [0.1, 0.15) is 0 Å². The van der Waals surface area contributed by atoms with Crippen LogP contribution in [0, 0.1) is 0 Å². The van der Waals surface area contributed by atoms with Gasteiger partial charge < -0.3 is 28.7 Å². The van der Waals surface area contributed by atoms with Gasteiger partial charge in [-0.1, -0.05) is 6.07 Å².